The van der Waals surface area contributed by atoms with Crippen LogP contribution in [0.2, 0.25) is 5.15 Å². The van der Waals surface area contributed by atoms with Crippen LogP contribution >= 0.6 is 23.2 Å². The predicted molar refractivity (Wildman–Crippen MR) is 71.9 cm³/mol. The summed E-state index contributed by atoms with van der Waals surface area (Å²) in [6, 6.07) is 3.72. The number of anilines is 1. The molecule has 0 spiro atoms. The van der Waals surface area contributed by atoms with Crippen molar-refractivity contribution in [1.82, 2.24) is 10.2 Å². The molecule has 1 unspecified atom stereocenters. The van der Waals surface area contributed by atoms with Crippen LogP contribution in [-0.4, -0.2) is 28.7 Å². The van der Waals surface area contributed by atoms with Gasteiger partial charge in [0.1, 0.15) is 0 Å². The Morgan fingerprint density at radius 1 is 1.35 bits per heavy atom. The van der Waals surface area contributed by atoms with Crippen molar-refractivity contribution in [3.8, 4) is 0 Å². The minimum absolute atomic E-state index is 0.280. The third kappa shape index (κ3) is 3.71. The van der Waals surface area contributed by atoms with Gasteiger partial charge in [0.05, 0.1) is 0 Å². The molecule has 1 aliphatic rings. The van der Waals surface area contributed by atoms with Gasteiger partial charge >= 0.3 is 0 Å². The van der Waals surface area contributed by atoms with Gasteiger partial charge in [-0.05, 0) is 44.2 Å². The Balaban J connectivity index is 1.88. The second-order valence-corrected chi connectivity index (χ2v) is 5.79. The maximum Gasteiger partial charge on any atom is 0.151 e. The highest BCUT2D eigenvalue weighted by atomic mass is 35.5. The van der Waals surface area contributed by atoms with Gasteiger partial charge in [0.25, 0.3) is 0 Å². The molecule has 1 aromatic rings. The fourth-order valence-corrected chi connectivity index (χ4v) is 2.69. The standard InChI is InChI=1S/C12H17Cl2N3/c1-9(13)8-10-4-6-17(7-5-10)12-3-2-11(14)15-16-12/h2-3,9-10H,4-8H2,1H3. The van der Waals surface area contributed by atoms with E-state index in [1.807, 2.05) is 6.07 Å². The molecule has 0 N–H and O–H groups in total. The average molecular weight is 274 g/mol. The summed E-state index contributed by atoms with van der Waals surface area (Å²) in [5.74, 6) is 1.67. The minimum Gasteiger partial charge on any atom is -0.355 e. The van der Waals surface area contributed by atoms with Crippen LogP contribution in [0.3, 0.4) is 0 Å². The van der Waals surface area contributed by atoms with Crippen LogP contribution in [0, 0.1) is 5.92 Å². The Bertz CT molecular complexity index is 345. The molecule has 1 saturated heterocycles. The van der Waals surface area contributed by atoms with Crippen molar-refractivity contribution in [3.05, 3.63) is 17.3 Å². The summed E-state index contributed by atoms with van der Waals surface area (Å²) in [5.41, 5.74) is 0. The van der Waals surface area contributed by atoms with Crippen LogP contribution < -0.4 is 4.90 Å². The van der Waals surface area contributed by atoms with E-state index < -0.39 is 0 Å². The quantitative estimate of drug-likeness (QED) is 0.791. The van der Waals surface area contributed by atoms with Gasteiger partial charge in [0.15, 0.2) is 11.0 Å². The Hall–Kier alpha value is -0.540. The fourth-order valence-electron chi connectivity index (χ4n) is 2.33. The van der Waals surface area contributed by atoms with Gasteiger partial charge in [-0.1, -0.05) is 11.6 Å². The van der Waals surface area contributed by atoms with E-state index in [1.54, 1.807) is 6.07 Å². The summed E-state index contributed by atoms with van der Waals surface area (Å²) in [4.78, 5) is 2.26. The van der Waals surface area contributed by atoms with Crippen molar-refractivity contribution < 1.29 is 0 Å². The zero-order valence-electron chi connectivity index (χ0n) is 9.94. The first-order valence-electron chi connectivity index (χ1n) is 6.03. The van der Waals surface area contributed by atoms with Crippen LogP contribution in [0.4, 0.5) is 5.82 Å². The lowest BCUT2D eigenvalue weighted by molar-refractivity contribution is 0.379. The van der Waals surface area contributed by atoms with Crippen molar-refractivity contribution in [1.29, 1.82) is 0 Å². The summed E-state index contributed by atoms with van der Waals surface area (Å²) < 4.78 is 0. The first-order chi connectivity index (χ1) is 8.15. The molecule has 0 saturated carbocycles. The van der Waals surface area contributed by atoms with E-state index >= 15 is 0 Å². The number of hydrogen-bond acceptors (Lipinski definition) is 3. The van der Waals surface area contributed by atoms with E-state index in [0.29, 0.717) is 5.15 Å². The Morgan fingerprint density at radius 3 is 2.59 bits per heavy atom. The van der Waals surface area contributed by atoms with E-state index in [4.69, 9.17) is 23.2 Å². The zero-order valence-corrected chi connectivity index (χ0v) is 11.5. The molecule has 2 rings (SSSR count). The van der Waals surface area contributed by atoms with Crippen molar-refractivity contribution in [2.24, 2.45) is 5.92 Å². The third-order valence-corrected chi connectivity index (χ3v) is 3.59. The molecule has 1 aromatic heterocycles. The van der Waals surface area contributed by atoms with Crippen LogP contribution in [0.5, 0.6) is 0 Å². The average Bonchev–Trinajstić information content (AvgIpc) is 2.30. The number of halogens is 2. The molecule has 0 radical (unpaired) electrons. The summed E-state index contributed by atoms with van der Waals surface area (Å²) in [5, 5.41) is 8.70. The van der Waals surface area contributed by atoms with Crippen LogP contribution in [-0.2, 0) is 0 Å². The molecule has 1 aliphatic heterocycles. The van der Waals surface area contributed by atoms with Crippen molar-refractivity contribution in [3.63, 3.8) is 0 Å². The number of aromatic nitrogens is 2. The lowest BCUT2D eigenvalue weighted by Crippen LogP contribution is -2.34. The molecule has 5 heteroatoms. The van der Waals surface area contributed by atoms with Gasteiger partial charge in [-0.15, -0.1) is 21.8 Å². The number of piperidine rings is 1. The molecule has 0 bridgehead atoms. The highest BCUT2D eigenvalue weighted by Crippen LogP contribution is 2.26. The maximum atomic E-state index is 6.03. The molecule has 0 aliphatic carbocycles. The van der Waals surface area contributed by atoms with E-state index in [1.165, 1.54) is 12.8 Å². The Labute approximate surface area is 112 Å². The summed E-state index contributed by atoms with van der Waals surface area (Å²) in [7, 11) is 0. The van der Waals surface area contributed by atoms with Crippen molar-refractivity contribution in [2.45, 2.75) is 31.6 Å². The molecule has 1 atom stereocenters. The van der Waals surface area contributed by atoms with Crippen LogP contribution in [0.25, 0.3) is 0 Å². The highest BCUT2D eigenvalue weighted by Gasteiger charge is 2.21. The highest BCUT2D eigenvalue weighted by molar-refractivity contribution is 6.29. The number of rotatable bonds is 3. The van der Waals surface area contributed by atoms with Gasteiger partial charge in [-0.3, -0.25) is 0 Å². The first-order valence-corrected chi connectivity index (χ1v) is 6.85. The number of hydrogen-bond donors (Lipinski definition) is 0. The molecule has 0 amide bonds. The summed E-state index contributed by atoms with van der Waals surface area (Å²) in [6.07, 6.45) is 3.48. The molecule has 3 nitrogen and oxygen atoms in total. The maximum absolute atomic E-state index is 6.03. The lowest BCUT2D eigenvalue weighted by atomic mass is 9.92. The SMILES string of the molecule is CC(Cl)CC1CCN(c2ccc(Cl)nn2)CC1. The second kappa shape index (κ2) is 5.87. The van der Waals surface area contributed by atoms with Crippen LogP contribution in [0.15, 0.2) is 12.1 Å². The monoisotopic (exact) mass is 273 g/mol. The van der Waals surface area contributed by atoms with Crippen molar-refractivity contribution in [2.75, 3.05) is 18.0 Å². The Kier molecular flexibility index (Phi) is 4.46. The van der Waals surface area contributed by atoms with E-state index in [9.17, 15) is 0 Å². The van der Waals surface area contributed by atoms with Gasteiger partial charge in [-0.25, -0.2) is 0 Å². The topological polar surface area (TPSA) is 29.0 Å². The molecular weight excluding hydrogens is 257 g/mol. The first kappa shape index (κ1) is 12.9. The van der Waals surface area contributed by atoms with Crippen LogP contribution in [0.1, 0.15) is 26.2 Å². The van der Waals surface area contributed by atoms with Crippen molar-refractivity contribution >= 4 is 29.0 Å². The second-order valence-electron chi connectivity index (χ2n) is 4.66. The fraction of sp³-hybridized carbons (Fsp3) is 0.667. The van der Waals surface area contributed by atoms with Gasteiger partial charge in [0.2, 0.25) is 0 Å². The normalized spacial score (nSPS) is 19.4. The predicted octanol–water partition coefficient (Wildman–Crippen LogP) is 3.36. The zero-order chi connectivity index (χ0) is 12.3. The van der Waals surface area contributed by atoms with Gasteiger partial charge in [0, 0.05) is 18.5 Å². The molecule has 2 heterocycles. The lowest BCUT2D eigenvalue weighted by Gasteiger charge is -2.32. The van der Waals surface area contributed by atoms with E-state index in [2.05, 4.69) is 22.0 Å². The van der Waals surface area contributed by atoms with E-state index in [0.717, 1.165) is 31.2 Å². The molecule has 0 aromatic carbocycles. The van der Waals surface area contributed by atoms with Gasteiger partial charge < -0.3 is 4.90 Å². The minimum atomic E-state index is 0.280. The molecule has 17 heavy (non-hydrogen) atoms. The van der Waals surface area contributed by atoms with E-state index in [-0.39, 0.29) is 5.38 Å². The Morgan fingerprint density at radius 2 is 2.06 bits per heavy atom. The third-order valence-electron chi connectivity index (χ3n) is 3.21. The van der Waals surface area contributed by atoms with Gasteiger partial charge in [-0.2, -0.15) is 0 Å². The molecule has 94 valence electrons. The number of alkyl halides is 1. The molecular formula is C12H17Cl2N3. The largest absolute Gasteiger partial charge is 0.355 e. The summed E-state index contributed by atoms with van der Waals surface area (Å²) in [6.45, 7) is 4.13. The number of nitrogens with zero attached hydrogens (tertiary/aromatic N) is 3. The summed E-state index contributed by atoms with van der Waals surface area (Å²) >= 11 is 11.8. The molecule has 1 fully saturated rings. The smallest absolute Gasteiger partial charge is 0.151 e.